The van der Waals surface area contributed by atoms with Gasteiger partial charge in [0.1, 0.15) is 0 Å². The molecule has 2 nitrogen and oxygen atoms in total. The number of aromatic nitrogens is 2. The zero-order valence-corrected chi connectivity index (χ0v) is 12.9. The van der Waals surface area contributed by atoms with Gasteiger partial charge in [0, 0.05) is 5.69 Å². The van der Waals surface area contributed by atoms with Gasteiger partial charge in [-0.2, -0.15) is 5.10 Å². The Balaban J connectivity index is 2.45. The largest absolute Gasteiger partial charge is 0.238 e. The fourth-order valence-electron chi connectivity index (χ4n) is 2.74. The number of benzene rings is 1. The van der Waals surface area contributed by atoms with E-state index in [4.69, 9.17) is 5.10 Å². The number of aryl methyl sites for hydroxylation is 1. The Hall–Kier alpha value is -1.57. The van der Waals surface area contributed by atoms with Crippen LogP contribution in [0, 0.1) is 13.8 Å². The number of hydrogen-bond donors (Lipinski definition) is 0. The summed E-state index contributed by atoms with van der Waals surface area (Å²) >= 11 is 0. The summed E-state index contributed by atoms with van der Waals surface area (Å²) < 4.78 is 2.06. The van der Waals surface area contributed by atoms with Crippen LogP contribution in [0.2, 0.25) is 0 Å². The van der Waals surface area contributed by atoms with Crippen LogP contribution in [0.15, 0.2) is 24.3 Å². The van der Waals surface area contributed by atoms with E-state index in [2.05, 4.69) is 70.5 Å². The lowest BCUT2D eigenvalue weighted by Gasteiger charge is -2.09. The van der Waals surface area contributed by atoms with Crippen LogP contribution in [0.4, 0.5) is 0 Å². The van der Waals surface area contributed by atoms with Crippen LogP contribution in [0.5, 0.6) is 0 Å². The smallest absolute Gasteiger partial charge is 0.0649 e. The minimum atomic E-state index is 0.517. The van der Waals surface area contributed by atoms with Crippen LogP contribution in [0.25, 0.3) is 5.69 Å². The Morgan fingerprint density at radius 3 is 1.89 bits per heavy atom. The molecule has 1 aromatic carbocycles. The van der Waals surface area contributed by atoms with Crippen LogP contribution < -0.4 is 0 Å². The maximum absolute atomic E-state index is 4.69. The fraction of sp³-hybridized carbons (Fsp3) is 0.471. The molecule has 102 valence electrons. The lowest BCUT2D eigenvalue weighted by molar-refractivity contribution is 0.818. The SMILES string of the molecule is Cc1nn(-c2ccc(C(C)C)cc2)c(C)c1C(C)C. The molecule has 0 bridgehead atoms. The molecule has 0 N–H and O–H groups in total. The van der Waals surface area contributed by atoms with Gasteiger partial charge in [0.25, 0.3) is 0 Å². The highest BCUT2D eigenvalue weighted by molar-refractivity contribution is 5.40. The lowest BCUT2D eigenvalue weighted by atomic mass is 10.0. The minimum Gasteiger partial charge on any atom is -0.238 e. The number of hydrogen-bond acceptors (Lipinski definition) is 1. The number of rotatable bonds is 3. The Bertz CT molecular complexity index is 560. The van der Waals surface area contributed by atoms with Crippen LogP contribution in [-0.2, 0) is 0 Å². The molecule has 0 aliphatic rings. The third kappa shape index (κ3) is 2.58. The molecule has 0 saturated carbocycles. The highest BCUT2D eigenvalue weighted by Gasteiger charge is 2.15. The average molecular weight is 256 g/mol. The molecule has 0 aliphatic heterocycles. The summed E-state index contributed by atoms with van der Waals surface area (Å²) in [6.07, 6.45) is 0. The van der Waals surface area contributed by atoms with Crippen molar-refractivity contribution in [2.45, 2.75) is 53.4 Å². The van der Waals surface area contributed by atoms with Crippen LogP contribution >= 0.6 is 0 Å². The first-order valence-electron chi connectivity index (χ1n) is 7.08. The lowest BCUT2D eigenvalue weighted by Crippen LogP contribution is -2.00. The van der Waals surface area contributed by atoms with E-state index in [0.29, 0.717) is 11.8 Å². The first-order chi connectivity index (χ1) is 8.91. The van der Waals surface area contributed by atoms with Crippen molar-refractivity contribution in [2.24, 2.45) is 0 Å². The molecular weight excluding hydrogens is 232 g/mol. The zero-order valence-electron chi connectivity index (χ0n) is 12.9. The summed E-state index contributed by atoms with van der Waals surface area (Å²) in [4.78, 5) is 0. The van der Waals surface area contributed by atoms with Gasteiger partial charge in [0.15, 0.2) is 0 Å². The van der Waals surface area contributed by atoms with Gasteiger partial charge in [-0.15, -0.1) is 0 Å². The Morgan fingerprint density at radius 1 is 0.895 bits per heavy atom. The second-order valence-corrected chi connectivity index (χ2v) is 5.90. The maximum atomic E-state index is 4.69. The predicted octanol–water partition coefficient (Wildman–Crippen LogP) is 4.74. The summed E-state index contributed by atoms with van der Waals surface area (Å²) in [6.45, 7) is 13.1. The quantitative estimate of drug-likeness (QED) is 0.776. The molecule has 0 amide bonds. The van der Waals surface area contributed by atoms with Gasteiger partial charge in [-0.3, -0.25) is 0 Å². The molecule has 1 heterocycles. The zero-order chi connectivity index (χ0) is 14.2. The summed E-state index contributed by atoms with van der Waals surface area (Å²) in [5, 5.41) is 4.69. The molecule has 0 atom stereocenters. The molecule has 0 radical (unpaired) electrons. The monoisotopic (exact) mass is 256 g/mol. The average Bonchev–Trinajstić information content (AvgIpc) is 2.65. The highest BCUT2D eigenvalue weighted by Crippen LogP contribution is 2.25. The van der Waals surface area contributed by atoms with Crippen molar-refractivity contribution < 1.29 is 0 Å². The Kier molecular flexibility index (Phi) is 3.79. The number of nitrogens with zero attached hydrogens (tertiary/aromatic N) is 2. The third-order valence-corrected chi connectivity index (χ3v) is 3.73. The summed E-state index contributed by atoms with van der Waals surface area (Å²) in [6, 6.07) is 8.73. The van der Waals surface area contributed by atoms with Gasteiger partial charge in [0.2, 0.25) is 0 Å². The van der Waals surface area contributed by atoms with E-state index in [-0.39, 0.29) is 0 Å². The van der Waals surface area contributed by atoms with Crippen LogP contribution in [0.3, 0.4) is 0 Å². The molecule has 19 heavy (non-hydrogen) atoms. The van der Waals surface area contributed by atoms with Crippen molar-refractivity contribution in [1.82, 2.24) is 9.78 Å². The summed E-state index contributed by atoms with van der Waals surface area (Å²) in [5.74, 6) is 1.09. The Labute approximate surface area is 116 Å². The van der Waals surface area contributed by atoms with E-state index in [9.17, 15) is 0 Å². The van der Waals surface area contributed by atoms with Gasteiger partial charge in [0.05, 0.1) is 11.4 Å². The standard InChI is InChI=1S/C17H24N2/c1-11(2)15-7-9-16(10-8-15)19-14(6)17(12(3)4)13(5)18-19/h7-12H,1-6H3. The van der Waals surface area contributed by atoms with Crippen molar-refractivity contribution in [3.05, 3.63) is 46.8 Å². The van der Waals surface area contributed by atoms with Gasteiger partial charge in [-0.05, 0) is 48.9 Å². The minimum absolute atomic E-state index is 0.517. The van der Waals surface area contributed by atoms with Gasteiger partial charge >= 0.3 is 0 Å². The molecule has 0 spiro atoms. The first-order valence-corrected chi connectivity index (χ1v) is 7.08. The molecule has 0 saturated heterocycles. The molecule has 2 heteroatoms. The maximum Gasteiger partial charge on any atom is 0.0649 e. The fourth-order valence-corrected chi connectivity index (χ4v) is 2.74. The van der Waals surface area contributed by atoms with Gasteiger partial charge in [-0.1, -0.05) is 39.8 Å². The van der Waals surface area contributed by atoms with Crippen molar-refractivity contribution in [2.75, 3.05) is 0 Å². The van der Waals surface area contributed by atoms with E-state index in [0.717, 1.165) is 11.4 Å². The van der Waals surface area contributed by atoms with E-state index < -0.39 is 0 Å². The highest BCUT2D eigenvalue weighted by atomic mass is 15.3. The van der Waals surface area contributed by atoms with E-state index >= 15 is 0 Å². The predicted molar refractivity (Wildman–Crippen MR) is 81.2 cm³/mol. The summed E-state index contributed by atoms with van der Waals surface area (Å²) in [7, 11) is 0. The van der Waals surface area contributed by atoms with E-state index in [1.807, 2.05) is 0 Å². The van der Waals surface area contributed by atoms with Crippen molar-refractivity contribution in [3.8, 4) is 5.69 Å². The Morgan fingerprint density at radius 2 is 1.47 bits per heavy atom. The van der Waals surface area contributed by atoms with E-state index in [1.54, 1.807) is 0 Å². The topological polar surface area (TPSA) is 17.8 Å². The van der Waals surface area contributed by atoms with E-state index in [1.165, 1.54) is 16.8 Å². The molecule has 2 aromatic rings. The molecule has 1 aromatic heterocycles. The molecule has 0 unspecified atom stereocenters. The van der Waals surface area contributed by atoms with Crippen LogP contribution in [-0.4, -0.2) is 9.78 Å². The molecule has 0 fully saturated rings. The molecular formula is C17H24N2. The second-order valence-electron chi connectivity index (χ2n) is 5.90. The van der Waals surface area contributed by atoms with Gasteiger partial charge < -0.3 is 0 Å². The first kappa shape index (κ1) is 13.9. The normalized spacial score (nSPS) is 11.6. The summed E-state index contributed by atoms with van der Waals surface area (Å²) in [5.41, 5.74) is 6.28. The van der Waals surface area contributed by atoms with Gasteiger partial charge in [-0.25, -0.2) is 4.68 Å². The second kappa shape index (κ2) is 5.20. The molecule has 2 rings (SSSR count). The van der Waals surface area contributed by atoms with Crippen molar-refractivity contribution in [3.63, 3.8) is 0 Å². The van der Waals surface area contributed by atoms with Crippen molar-refractivity contribution >= 4 is 0 Å². The van der Waals surface area contributed by atoms with Crippen LogP contribution in [0.1, 0.15) is 62.0 Å². The molecule has 0 aliphatic carbocycles. The van der Waals surface area contributed by atoms with Crippen molar-refractivity contribution in [1.29, 1.82) is 0 Å². The third-order valence-electron chi connectivity index (χ3n) is 3.73.